The molecule has 0 radical (unpaired) electrons. The Morgan fingerprint density at radius 1 is 0.773 bits per heavy atom. The van der Waals surface area contributed by atoms with Crippen molar-refractivity contribution in [2.75, 3.05) is 52.5 Å². The molecule has 0 aromatic heterocycles. The van der Waals surface area contributed by atoms with Gasteiger partial charge < -0.3 is 19.4 Å². The molecule has 4 aliphatic heterocycles. The van der Waals surface area contributed by atoms with Gasteiger partial charge >= 0.3 is 0 Å². The molecule has 118 valence electrons. The second kappa shape index (κ2) is 5.43. The number of Topliss-reactive ketones (excluding diaryl/α,β-unsaturated/α-hetero) is 1. The van der Waals surface area contributed by atoms with Crippen LogP contribution in [-0.4, -0.2) is 78.7 Å². The lowest BCUT2D eigenvalue weighted by Crippen LogP contribution is -2.29. The molecule has 5 aliphatic rings. The molecule has 0 N–H and O–H groups in total. The topological polar surface area (TPSA) is 52.4 Å². The molecule has 0 spiro atoms. The van der Waals surface area contributed by atoms with E-state index < -0.39 is 0 Å². The number of ether oxygens (including phenoxy) is 1. The van der Waals surface area contributed by atoms with Crippen molar-refractivity contribution in [1.82, 2.24) is 14.7 Å². The van der Waals surface area contributed by atoms with Crippen LogP contribution in [0.25, 0.3) is 0 Å². The first-order valence-electron chi connectivity index (χ1n) is 8.13. The Morgan fingerprint density at radius 3 is 1.77 bits per heavy atom. The Morgan fingerprint density at radius 2 is 1.32 bits per heavy atom. The number of rotatable bonds is 3. The van der Waals surface area contributed by atoms with Crippen LogP contribution in [0.2, 0.25) is 0 Å². The van der Waals surface area contributed by atoms with Gasteiger partial charge in [-0.3, -0.25) is 9.59 Å². The van der Waals surface area contributed by atoms with Crippen molar-refractivity contribution < 1.29 is 14.3 Å². The van der Waals surface area contributed by atoms with Crippen LogP contribution in [0.15, 0.2) is 23.2 Å². The van der Waals surface area contributed by atoms with Crippen molar-refractivity contribution in [3.63, 3.8) is 0 Å². The second-order valence-electron chi connectivity index (χ2n) is 6.20. The van der Waals surface area contributed by atoms with Crippen molar-refractivity contribution in [2.24, 2.45) is 0 Å². The molecule has 6 heteroatoms. The number of hydrogen-bond acceptors (Lipinski definition) is 6. The molecule has 5 rings (SSSR count). The summed E-state index contributed by atoms with van der Waals surface area (Å²) in [5.74, 6) is 0.0485. The van der Waals surface area contributed by atoms with Crippen molar-refractivity contribution in [3.05, 3.63) is 23.2 Å². The van der Waals surface area contributed by atoms with Crippen LogP contribution in [0.5, 0.6) is 0 Å². The molecule has 4 saturated heterocycles. The molecule has 0 aromatic carbocycles. The highest BCUT2D eigenvalue weighted by Gasteiger charge is 2.43. The van der Waals surface area contributed by atoms with Gasteiger partial charge in [-0.1, -0.05) is 0 Å². The highest BCUT2D eigenvalue weighted by atomic mass is 16.5. The zero-order valence-electron chi connectivity index (χ0n) is 12.7. The summed E-state index contributed by atoms with van der Waals surface area (Å²) < 4.78 is 4.94. The van der Waals surface area contributed by atoms with Gasteiger partial charge in [-0.05, 0) is 12.8 Å². The van der Waals surface area contributed by atoms with Gasteiger partial charge in [0.2, 0.25) is 11.6 Å². The zero-order valence-corrected chi connectivity index (χ0v) is 12.7. The molecule has 0 amide bonds. The van der Waals surface area contributed by atoms with E-state index in [9.17, 15) is 9.59 Å². The molecule has 0 aromatic rings. The van der Waals surface area contributed by atoms with E-state index in [1.54, 1.807) is 0 Å². The van der Waals surface area contributed by atoms with Gasteiger partial charge in [-0.2, -0.15) is 0 Å². The molecule has 0 atom stereocenters. The van der Waals surface area contributed by atoms with Crippen LogP contribution in [0.4, 0.5) is 0 Å². The summed E-state index contributed by atoms with van der Waals surface area (Å²) in [6.45, 7) is 7.41. The summed E-state index contributed by atoms with van der Waals surface area (Å²) in [6.07, 6.45) is 4.08. The molecule has 0 saturated carbocycles. The summed E-state index contributed by atoms with van der Waals surface area (Å²) in [4.78, 5) is 30.5. The van der Waals surface area contributed by atoms with Crippen LogP contribution >= 0.6 is 0 Å². The maximum atomic E-state index is 12.4. The molecular formula is C16H21N3O3. The summed E-state index contributed by atoms with van der Waals surface area (Å²) >= 11 is 0. The number of ketones is 2. The molecular weight excluding hydrogens is 282 g/mol. The number of nitrogens with zero attached hydrogens (tertiary/aromatic N) is 3. The Balaban J connectivity index is 0.000000215. The Bertz CT molecular complexity index is 558. The lowest BCUT2D eigenvalue weighted by atomic mass is 10.0. The van der Waals surface area contributed by atoms with Crippen LogP contribution in [0.1, 0.15) is 12.8 Å². The van der Waals surface area contributed by atoms with E-state index in [-0.39, 0.29) is 11.6 Å². The standard InChI is InChI=1S/C12H13N3O2.C4H8O/c16-9-7-8(13-1-2-13)12(17)11(15-5-6-15)10(9)14-3-4-14;1-2-4-5-3-1/h7H,1-6H2;1-4H2. The lowest BCUT2D eigenvalue weighted by molar-refractivity contribution is -0.117. The lowest BCUT2D eigenvalue weighted by Gasteiger charge is -2.21. The first kappa shape index (κ1) is 13.8. The van der Waals surface area contributed by atoms with Gasteiger partial charge in [0.15, 0.2) is 0 Å². The smallest absolute Gasteiger partial charge is 0.227 e. The van der Waals surface area contributed by atoms with Gasteiger partial charge in [0.25, 0.3) is 0 Å². The second-order valence-corrected chi connectivity index (χ2v) is 6.20. The molecule has 0 bridgehead atoms. The van der Waals surface area contributed by atoms with Crippen molar-refractivity contribution in [1.29, 1.82) is 0 Å². The molecule has 22 heavy (non-hydrogen) atoms. The first-order valence-corrected chi connectivity index (χ1v) is 8.13. The van der Waals surface area contributed by atoms with E-state index in [4.69, 9.17) is 4.74 Å². The summed E-state index contributed by atoms with van der Waals surface area (Å²) in [5.41, 5.74) is 1.89. The minimum absolute atomic E-state index is 0.00546. The molecule has 4 fully saturated rings. The Hall–Kier alpha value is -1.82. The van der Waals surface area contributed by atoms with Crippen LogP contribution in [0, 0.1) is 0 Å². The number of allylic oxidation sites excluding steroid dienone is 1. The normalized spacial score (nSPS) is 26.0. The predicted molar refractivity (Wildman–Crippen MR) is 79.9 cm³/mol. The van der Waals surface area contributed by atoms with Gasteiger partial charge in [0, 0.05) is 58.6 Å². The number of carbonyl (C=O) groups excluding carboxylic acids is 2. The third-order valence-corrected chi connectivity index (χ3v) is 4.32. The van der Waals surface area contributed by atoms with Crippen LogP contribution in [0.3, 0.4) is 0 Å². The number of hydrogen-bond donors (Lipinski definition) is 0. The van der Waals surface area contributed by atoms with Gasteiger partial charge in [-0.15, -0.1) is 0 Å². The largest absolute Gasteiger partial charge is 0.381 e. The van der Waals surface area contributed by atoms with Crippen molar-refractivity contribution >= 4 is 11.6 Å². The van der Waals surface area contributed by atoms with E-state index in [0.29, 0.717) is 17.1 Å². The maximum Gasteiger partial charge on any atom is 0.227 e. The van der Waals surface area contributed by atoms with Gasteiger partial charge in [0.05, 0.1) is 5.70 Å². The molecule has 6 nitrogen and oxygen atoms in total. The Labute approximate surface area is 130 Å². The SMILES string of the molecule is C1CCOC1.O=C1C=C(N2CC2)C(=O)C(N2CC2)=C1N1CC1. The van der Waals surface area contributed by atoms with E-state index in [1.807, 2.05) is 14.7 Å². The van der Waals surface area contributed by atoms with Crippen molar-refractivity contribution in [3.8, 4) is 0 Å². The quantitative estimate of drug-likeness (QED) is 0.539. The van der Waals surface area contributed by atoms with Crippen molar-refractivity contribution in [2.45, 2.75) is 12.8 Å². The predicted octanol–water partition coefficient (Wildman–Crippen LogP) is -0.0227. The Kier molecular flexibility index (Phi) is 3.41. The third-order valence-electron chi connectivity index (χ3n) is 4.32. The zero-order chi connectivity index (χ0) is 15.1. The highest BCUT2D eigenvalue weighted by molar-refractivity contribution is 6.22. The highest BCUT2D eigenvalue weighted by Crippen LogP contribution is 2.33. The molecule has 4 heterocycles. The summed E-state index contributed by atoms with van der Waals surface area (Å²) in [6, 6.07) is 0. The van der Waals surface area contributed by atoms with E-state index in [2.05, 4.69) is 0 Å². The monoisotopic (exact) mass is 303 g/mol. The fourth-order valence-electron chi connectivity index (χ4n) is 2.79. The minimum Gasteiger partial charge on any atom is -0.381 e. The van der Waals surface area contributed by atoms with Gasteiger partial charge in [0.1, 0.15) is 11.4 Å². The van der Waals surface area contributed by atoms with Crippen LogP contribution < -0.4 is 0 Å². The summed E-state index contributed by atoms with van der Waals surface area (Å²) in [7, 11) is 0. The average Bonchev–Trinajstić information content (AvgIpc) is 3.37. The fourth-order valence-corrected chi connectivity index (χ4v) is 2.79. The van der Waals surface area contributed by atoms with E-state index >= 15 is 0 Å². The average molecular weight is 303 g/mol. The van der Waals surface area contributed by atoms with E-state index in [0.717, 1.165) is 52.5 Å². The molecule has 0 unspecified atom stereocenters. The molecule has 1 aliphatic carbocycles. The van der Waals surface area contributed by atoms with Crippen LogP contribution in [-0.2, 0) is 14.3 Å². The van der Waals surface area contributed by atoms with Gasteiger partial charge in [-0.25, -0.2) is 0 Å². The fraction of sp³-hybridized carbons (Fsp3) is 0.625. The maximum absolute atomic E-state index is 12.4. The summed E-state index contributed by atoms with van der Waals surface area (Å²) in [5, 5.41) is 0. The number of carbonyl (C=O) groups is 2. The van der Waals surface area contributed by atoms with E-state index in [1.165, 1.54) is 18.9 Å². The minimum atomic E-state index is 0.00546. The first-order chi connectivity index (χ1) is 10.8. The third kappa shape index (κ3) is 2.75.